The number of hydrogen-bond acceptors (Lipinski definition) is 4. The van der Waals surface area contributed by atoms with E-state index in [1.54, 1.807) is 28.6 Å². The van der Waals surface area contributed by atoms with Crippen molar-refractivity contribution in [3.8, 4) is 0 Å². The number of nitrogens with one attached hydrogen (secondary N) is 1. The van der Waals surface area contributed by atoms with Crippen molar-refractivity contribution in [3.63, 3.8) is 0 Å². The molecule has 0 unspecified atom stereocenters. The highest BCUT2D eigenvalue weighted by Crippen LogP contribution is 2.17. The molecule has 2 rings (SSSR count). The topological polar surface area (TPSA) is 69.7 Å². The molecule has 0 aliphatic carbocycles. The summed E-state index contributed by atoms with van der Waals surface area (Å²) >= 11 is 0. The van der Waals surface area contributed by atoms with Crippen LogP contribution >= 0.6 is 0 Å². The fourth-order valence-corrected chi connectivity index (χ4v) is 4.52. The van der Waals surface area contributed by atoms with Crippen LogP contribution < -0.4 is 5.32 Å². The molecular weight excluding hydrogens is 338 g/mol. The summed E-state index contributed by atoms with van der Waals surface area (Å²) in [7, 11) is -3.40. The Labute approximate surface area is 151 Å². The molecule has 6 nitrogen and oxygen atoms in total. The molecule has 0 radical (unpaired) electrons. The Morgan fingerprint density at radius 3 is 2.24 bits per heavy atom. The molecule has 0 aromatic heterocycles. The Morgan fingerprint density at radius 1 is 1.08 bits per heavy atom. The zero-order valence-corrected chi connectivity index (χ0v) is 16.0. The number of sulfonamides is 1. The summed E-state index contributed by atoms with van der Waals surface area (Å²) in [6, 6.07) is 8.56. The van der Waals surface area contributed by atoms with E-state index in [9.17, 15) is 13.2 Å². The second-order valence-electron chi connectivity index (χ2n) is 6.36. The molecule has 0 spiro atoms. The van der Waals surface area contributed by atoms with E-state index in [2.05, 4.69) is 10.2 Å². The van der Waals surface area contributed by atoms with Crippen molar-refractivity contribution in [2.45, 2.75) is 31.6 Å². The standard InChI is InChI=1S/C18H29N3O3S/c1-3-16(4-2)18(22)19-10-11-20-12-14-21(15-13-20)25(23,24)17-8-6-5-7-9-17/h5-9,16H,3-4,10-15H2,1-2H3,(H,19,22). The molecule has 1 aliphatic heterocycles. The zero-order chi connectivity index (χ0) is 18.3. The Hall–Kier alpha value is -1.44. The Balaban J connectivity index is 1.77. The summed E-state index contributed by atoms with van der Waals surface area (Å²) in [4.78, 5) is 14.5. The Morgan fingerprint density at radius 2 is 1.68 bits per heavy atom. The SMILES string of the molecule is CCC(CC)C(=O)NCCN1CCN(S(=O)(=O)c2ccccc2)CC1. The first-order valence-electron chi connectivity index (χ1n) is 9.04. The minimum absolute atomic E-state index is 0.0906. The van der Waals surface area contributed by atoms with Gasteiger partial charge in [0.05, 0.1) is 4.90 Å². The first kappa shape index (κ1) is 19.9. The van der Waals surface area contributed by atoms with Gasteiger partial charge in [-0.15, -0.1) is 0 Å². The van der Waals surface area contributed by atoms with Gasteiger partial charge in [-0.1, -0.05) is 32.0 Å². The van der Waals surface area contributed by atoms with E-state index in [1.165, 1.54) is 0 Å². The van der Waals surface area contributed by atoms with Gasteiger partial charge in [0.25, 0.3) is 0 Å². The van der Waals surface area contributed by atoms with Crippen LogP contribution in [0.1, 0.15) is 26.7 Å². The Bertz CT molecular complexity index is 637. The summed E-state index contributed by atoms with van der Waals surface area (Å²) in [5.74, 6) is 0.211. The van der Waals surface area contributed by atoms with Gasteiger partial charge in [0.2, 0.25) is 15.9 Å². The van der Waals surface area contributed by atoms with Crippen LogP contribution in [0.3, 0.4) is 0 Å². The third-order valence-electron chi connectivity index (χ3n) is 4.80. The fraction of sp³-hybridized carbons (Fsp3) is 0.611. The summed E-state index contributed by atoms with van der Waals surface area (Å²) in [5, 5.41) is 2.99. The molecule has 25 heavy (non-hydrogen) atoms. The first-order chi connectivity index (χ1) is 12.0. The second-order valence-corrected chi connectivity index (χ2v) is 8.30. The summed E-state index contributed by atoms with van der Waals surface area (Å²) in [6.07, 6.45) is 1.72. The molecule has 0 bridgehead atoms. The highest BCUT2D eigenvalue weighted by Gasteiger charge is 2.28. The molecule has 1 heterocycles. The van der Waals surface area contributed by atoms with Gasteiger partial charge in [-0.2, -0.15) is 4.31 Å². The van der Waals surface area contributed by atoms with Crippen LogP contribution in [0.4, 0.5) is 0 Å². The van der Waals surface area contributed by atoms with Crippen molar-refractivity contribution in [3.05, 3.63) is 30.3 Å². The van der Waals surface area contributed by atoms with Gasteiger partial charge in [0, 0.05) is 45.2 Å². The van der Waals surface area contributed by atoms with Gasteiger partial charge in [-0.3, -0.25) is 9.69 Å². The molecule has 0 saturated carbocycles. The van der Waals surface area contributed by atoms with E-state index in [0.29, 0.717) is 37.6 Å². The van der Waals surface area contributed by atoms with Crippen molar-refractivity contribution in [2.24, 2.45) is 5.92 Å². The maximum absolute atomic E-state index is 12.6. The maximum Gasteiger partial charge on any atom is 0.243 e. The van der Waals surface area contributed by atoms with Crippen molar-refractivity contribution in [1.29, 1.82) is 0 Å². The van der Waals surface area contributed by atoms with Gasteiger partial charge in [-0.25, -0.2) is 8.42 Å². The molecule has 1 fully saturated rings. The quantitative estimate of drug-likeness (QED) is 0.757. The average molecular weight is 368 g/mol. The van der Waals surface area contributed by atoms with Gasteiger partial charge in [0.1, 0.15) is 0 Å². The number of carbonyl (C=O) groups excluding carboxylic acids is 1. The van der Waals surface area contributed by atoms with Crippen molar-refractivity contribution in [2.75, 3.05) is 39.3 Å². The first-order valence-corrected chi connectivity index (χ1v) is 10.5. The van der Waals surface area contributed by atoms with Crippen LogP contribution in [0.2, 0.25) is 0 Å². The molecule has 0 atom stereocenters. The van der Waals surface area contributed by atoms with Crippen molar-refractivity contribution >= 4 is 15.9 Å². The van der Waals surface area contributed by atoms with E-state index in [0.717, 1.165) is 19.4 Å². The highest BCUT2D eigenvalue weighted by atomic mass is 32.2. The van der Waals surface area contributed by atoms with Gasteiger partial charge >= 0.3 is 0 Å². The summed E-state index contributed by atoms with van der Waals surface area (Å²) in [5.41, 5.74) is 0. The fourth-order valence-electron chi connectivity index (χ4n) is 3.08. The van der Waals surface area contributed by atoms with Crippen LogP contribution in [0.25, 0.3) is 0 Å². The summed E-state index contributed by atoms with van der Waals surface area (Å²) in [6.45, 7) is 7.77. The van der Waals surface area contributed by atoms with Gasteiger partial charge in [0.15, 0.2) is 0 Å². The average Bonchev–Trinajstić information content (AvgIpc) is 2.64. The highest BCUT2D eigenvalue weighted by molar-refractivity contribution is 7.89. The summed E-state index contributed by atoms with van der Waals surface area (Å²) < 4.78 is 26.7. The smallest absolute Gasteiger partial charge is 0.243 e. The lowest BCUT2D eigenvalue weighted by Gasteiger charge is -2.34. The van der Waals surface area contributed by atoms with Crippen LogP contribution in [-0.2, 0) is 14.8 Å². The number of benzene rings is 1. The molecule has 1 saturated heterocycles. The second kappa shape index (κ2) is 9.31. The molecule has 140 valence electrons. The van der Waals surface area contributed by atoms with E-state index in [1.807, 2.05) is 19.9 Å². The minimum Gasteiger partial charge on any atom is -0.355 e. The predicted octanol–water partition coefficient (Wildman–Crippen LogP) is 1.55. The van der Waals surface area contributed by atoms with E-state index in [4.69, 9.17) is 0 Å². The largest absolute Gasteiger partial charge is 0.355 e. The van der Waals surface area contributed by atoms with E-state index in [-0.39, 0.29) is 11.8 Å². The lowest BCUT2D eigenvalue weighted by molar-refractivity contribution is -0.125. The lowest BCUT2D eigenvalue weighted by atomic mass is 10.0. The van der Waals surface area contributed by atoms with Crippen LogP contribution in [0.15, 0.2) is 35.2 Å². The number of rotatable bonds is 8. The van der Waals surface area contributed by atoms with Gasteiger partial charge in [-0.05, 0) is 25.0 Å². The molecular formula is C18H29N3O3S. The third kappa shape index (κ3) is 5.26. The number of amides is 1. The van der Waals surface area contributed by atoms with Gasteiger partial charge < -0.3 is 5.32 Å². The lowest BCUT2D eigenvalue weighted by Crippen LogP contribution is -2.50. The number of nitrogens with zero attached hydrogens (tertiary/aromatic N) is 2. The molecule has 1 aromatic carbocycles. The molecule has 1 N–H and O–H groups in total. The maximum atomic E-state index is 12.6. The zero-order valence-electron chi connectivity index (χ0n) is 15.1. The number of carbonyl (C=O) groups is 1. The number of hydrogen-bond donors (Lipinski definition) is 1. The van der Waals surface area contributed by atoms with E-state index >= 15 is 0 Å². The number of piperazine rings is 1. The molecule has 1 aliphatic rings. The Kier molecular flexibility index (Phi) is 7.40. The van der Waals surface area contributed by atoms with Crippen LogP contribution in [0, 0.1) is 5.92 Å². The monoisotopic (exact) mass is 367 g/mol. The third-order valence-corrected chi connectivity index (χ3v) is 6.71. The molecule has 1 aromatic rings. The van der Waals surface area contributed by atoms with E-state index < -0.39 is 10.0 Å². The van der Waals surface area contributed by atoms with Crippen molar-refractivity contribution < 1.29 is 13.2 Å². The van der Waals surface area contributed by atoms with Crippen molar-refractivity contribution in [1.82, 2.24) is 14.5 Å². The normalized spacial score (nSPS) is 16.9. The predicted molar refractivity (Wildman–Crippen MR) is 98.7 cm³/mol. The minimum atomic E-state index is -3.40. The van der Waals surface area contributed by atoms with Crippen LogP contribution in [0.5, 0.6) is 0 Å². The molecule has 1 amide bonds. The molecule has 7 heteroatoms. The van der Waals surface area contributed by atoms with Crippen LogP contribution in [-0.4, -0.2) is 62.8 Å².